The smallest absolute Gasteiger partial charge is 0.246 e. The molecule has 1 heterocycles. The van der Waals surface area contributed by atoms with Crippen LogP contribution in [0.4, 0.5) is 17.1 Å². The van der Waals surface area contributed by atoms with Crippen LogP contribution < -0.4 is 16.0 Å². The second kappa shape index (κ2) is 8.19. The van der Waals surface area contributed by atoms with E-state index in [1.807, 2.05) is 30.0 Å². The number of nitrogens with zero attached hydrogens (tertiary/aromatic N) is 1. The topological polar surface area (TPSA) is 92.5 Å². The van der Waals surface area contributed by atoms with E-state index in [4.69, 9.17) is 5.73 Å². The summed E-state index contributed by atoms with van der Waals surface area (Å²) in [6.45, 7) is 2.56. The molecule has 2 aromatic rings. The number of hydrogen-bond donors (Lipinski definition) is 2. The lowest BCUT2D eigenvalue weighted by molar-refractivity contribution is -0.117. The van der Waals surface area contributed by atoms with Gasteiger partial charge in [0.2, 0.25) is 5.91 Å². The molecule has 0 bridgehead atoms. The lowest BCUT2D eigenvalue weighted by Gasteiger charge is -2.36. The third kappa shape index (κ3) is 4.36. The number of nitrogen functional groups attached to an aromatic ring is 1. The highest BCUT2D eigenvalue weighted by molar-refractivity contribution is 7.90. The summed E-state index contributed by atoms with van der Waals surface area (Å²) in [5.41, 5.74) is 9.15. The number of carbonyl (C=O) groups is 1. The monoisotopic (exact) mass is 409 g/mol. The molecule has 0 fully saturated rings. The van der Waals surface area contributed by atoms with Crippen LogP contribution >= 0.6 is 12.4 Å². The third-order valence-corrected chi connectivity index (χ3v) is 5.87. The van der Waals surface area contributed by atoms with E-state index in [-0.39, 0.29) is 23.2 Å². The molecule has 1 aliphatic rings. The predicted octanol–water partition coefficient (Wildman–Crippen LogP) is 2.87. The van der Waals surface area contributed by atoms with Crippen molar-refractivity contribution in [3.05, 3.63) is 48.0 Å². The Bertz CT molecular complexity index is 947. The molecule has 1 aliphatic heterocycles. The zero-order valence-electron chi connectivity index (χ0n) is 15.3. The number of fused-ring (bicyclic) bond motifs is 1. The number of halogens is 1. The molecule has 146 valence electrons. The second-order valence-electron chi connectivity index (χ2n) is 6.58. The van der Waals surface area contributed by atoms with E-state index < -0.39 is 15.9 Å². The number of benzene rings is 2. The SMILES string of the molecule is CC(C(=O)Nc1ccccc1S(C)(=O)=O)N1CCCc2c(N)cccc21.Cl. The first-order valence-electron chi connectivity index (χ1n) is 8.53. The molecule has 3 rings (SSSR count). The fraction of sp³-hybridized carbons (Fsp3) is 0.316. The zero-order chi connectivity index (χ0) is 18.9. The number of amides is 1. The predicted molar refractivity (Wildman–Crippen MR) is 111 cm³/mol. The van der Waals surface area contributed by atoms with Crippen LogP contribution in [0, 0.1) is 0 Å². The molecule has 0 spiro atoms. The summed E-state index contributed by atoms with van der Waals surface area (Å²) in [4.78, 5) is 14.9. The summed E-state index contributed by atoms with van der Waals surface area (Å²) in [5.74, 6) is -0.253. The van der Waals surface area contributed by atoms with Crippen LogP contribution in [0.2, 0.25) is 0 Å². The molecule has 0 aromatic heterocycles. The number of hydrogen-bond acceptors (Lipinski definition) is 5. The summed E-state index contributed by atoms with van der Waals surface area (Å²) in [6, 6.07) is 11.7. The van der Waals surface area contributed by atoms with Crippen molar-refractivity contribution in [2.45, 2.75) is 30.7 Å². The van der Waals surface area contributed by atoms with Crippen LogP contribution in [0.25, 0.3) is 0 Å². The quantitative estimate of drug-likeness (QED) is 0.757. The molecule has 1 unspecified atom stereocenters. The molecule has 2 aromatic carbocycles. The summed E-state index contributed by atoms with van der Waals surface area (Å²) in [6.07, 6.45) is 2.94. The van der Waals surface area contributed by atoms with Crippen LogP contribution in [0.1, 0.15) is 18.9 Å². The summed E-state index contributed by atoms with van der Waals surface area (Å²) in [5, 5.41) is 2.77. The van der Waals surface area contributed by atoms with Gasteiger partial charge in [0.1, 0.15) is 6.04 Å². The molecule has 1 amide bonds. The van der Waals surface area contributed by atoms with Gasteiger partial charge < -0.3 is 16.0 Å². The first-order valence-corrected chi connectivity index (χ1v) is 10.4. The van der Waals surface area contributed by atoms with Crippen LogP contribution in [0.3, 0.4) is 0 Å². The van der Waals surface area contributed by atoms with Gasteiger partial charge >= 0.3 is 0 Å². The molecule has 0 saturated heterocycles. The van der Waals surface area contributed by atoms with E-state index in [1.54, 1.807) is 18.2 Å². The Morgan fingerprint density at radius 2 is 1.89 bits per heavy atom. The molecule has 8 heteroatoms. The van der Waals surface area contributed by atoms with Gasteiger partial charge in [-0.25, -0.2) is 8.42 Å². The van der Waals surface area contributed by atoms with E-state index >= 15 is 0 Å². The molecule has 3 N–H and O–H groups in total. The average Bonchev–Trinajstić information content (AvgIpc) is 2.60. The second-order valence-corrected chi connectivity index (χ2v) is 8.56. The van der Waals surface area contributed by atoms with Crippen LogP contribution in [0.15, 0.2) is 47.4 Å². The van der Waals surface area contributed by atoms with Gasteiger partial charge in [-0.3, -0.25) is 4.79 Å². The van der Waals surface area contributed by atoms with Crippen molar-refractivity contribution in [1.29, 1.82) is 0 Å². The largest absolute Gasteiger partial charge is 0.398 e. The molecule has 1 atom stereocenters. The lowest BCUT2D eigenvalue weighted by atomic mass is 9.98. The zero-order valence-corrected chi connectivity index (χ0v) is 16.9. The molecular weight excluding hydrogens is 386 g/mol. The number of carbonyl (C=O) groups excluding carboxylic acids is 1. The van der Waals surface area contributed by atoms with Crippen molar-refractivity contribution < 1.29 is 13.2 Å². The maximum atomic E-state index is 12.8. The van der Waals surface area contributed by atoms with E-state index in [9.17, 15) is 13.2 Å². The van der Waals surface area contributed by atoms with Crippen LogP contribution in [-0.2, 0) is 21.1 Å². The van der Waals surface area contributed by atoms with Crippen molar-refractivity contribution in [2.75, 3.05) is 28.8 Å². The summed E-state index contributed by atoms with van der Waals surface area (Å²) in [7, 11) is -3.43. The molecule has 0 radical (unpaired) electrons. The van der Waals surface area contributed by atoms with E-state index in [2.05, 4.69) is 5.32 Å². The highest BCUT2D eigenvalue weighted by Crippen LogP contribution is 2.33. The maximum Gasteiger partial charge on any atom is 0.246 e. The normalized spacial score (nSPS) is 14.7. The summed E-state index contributed by atoms with van der Waals surface area (Å²) >= 11 is 0. The Kier molecular flexibility index (Phi) is 6.38. The Labute approximate surface area is 166 Å². The Hall–Kier alpha value is -2.25. The van der Waals surface area contributed by atoms with Crippen molar-refractivity contribution in [3.63, 3.8) is 0 Å². The molecular formula is C19H24ClN3O3S. The minimum absolute atomic E-state index is 0. The molecule has 27 heavy (non-hydrogen) atoms. The minimum Gasteiger partial charge on any atom is -0.398 e. The number of sulfone groups is 1. The van der Waals surface area contributed by atoms with Crippen LogP contribution in [-0.4, -0.2) is 33.2 Å². The van der Waals surface area contributed by atoms with Gasteiger partial charge in [-0.2, -0.15) is 0 Å². The highest BCUT2D eigenvalue weighted by atomic mass is 35.5. The van der Waals surface area contributed by atoms with Crippen molar-refractivity contribution in [2.24, 2.45) is 0 Å². The average molecular weight is 410 g/mol. The maximum absolute atomic E-state index is 12.8. The minimum atomic E-state index is -3.43. The van der Waals surface area contributed by atoms with Gasteiger partial charge in [-0.05, 0) is 49.6 Å². The number of para-hydroxylation sites is 1. The molecule has 6 nitrogen and oxygen atoms in total. The van der Waals surface area contributed by atoms with Gasteiger partial charge in [-0.15, -0.1) is 12.4 Å². The van der Waals surface area contributed by atoms with Crippen molar-refractivity contribution in [3.8, 4) is 0 Å². The van der Waals surface area contributed by atoms with E-state index in [0.29, 0.717) is 5.69 Å². The Balaban J connectivity index is 0.00000261. The third-order valence-electron chi connectivity index (χ3n) is 4.71. The van der Waals surface area contributed by atoms with E-state index in [1.165, 1.54) is 6.07 Å². The molecule has 0 aliphatic carbocycles. The first-order chi connectivity index (χ1) is 12.3. The Morgan fingerprint density at radius 1 is 1.19 bits per heavy atom. The van der Waals surface area contributed by atoms with Crippen LogP contribution in [0.5, 0.6) is 0 Å². The van der Waals surface area contributed by atoms with Gasteiger partial charge in [0.15, 0.2) is 9.84 Å². The van der Waals surface area contributed by atoms with Gasteiger partial charge in [0.05, 0.1) is 10.6 Å². The fourth-order valence-corrected chi connectivity index (χ4v) is 4.20. The number of nitrogens with one attached hydrogen (secondary N) is 1. The van der Waals surface area contributed by atoms with Gasteiger partial charge in [0.25, 0.3) is 0 Å². The van der Waals surface area contributed by atoms with Crippen molar-refractivity contribution in [1.82, 2.24) is 0 Å². The fourth-order valence-electron chi connectivity index (χ4n) is 3.35. The number of rotatable bonds is 4. The first kappa shape index (κ1) is 21.1. The van der Waals surface area contributed by atoms with Gasteiger partial charge in [-0.1, -0.05) is 18.2 Å². The lowest BCUT2D eigenvalue weighted by Crippen LogP contribution is -2.45. The van der Waals surface area contributed by atoms with Gasteiger partial charge in [0, 0.05) is 24.2 Å². The number of anilines is 3. The van der Waals surface area contributed by atoms with E-state index in [0.717, 1.165) is 42.6 Å². The standard InChI is InChI=1S/C19H23N3O3S.ClH/c1-13(22-12-6-7-14-15(20)8-5-10-17(14)22)19(23)21-16-9-3-4-11-18(16)26(2,24)25;/h3-5,8-11,13H,6-7,12,20H2,1-2H3,(H,21,23);1H. The highest BCUT2D eigenvalue weighted by Gasteiger charge is 2.27. The number of nitrogens with two attached hydrogens (primary N) is 1. The summed E-state index contributed by atoms with van der Waals surface area (Å²) < 4.78 is 23.9. The molecule has 0 saturated carbocycles. The Morgan fingerprint density at radius 3 is 2.59 bits per heavy atom. The van der Waals surface area contributed by atoms with Crippen molar-refractivity contribution >= 4 is 45.2 Å².